The van der Waals surface area contributed by atoms with Gasteiger partial charge in [-0.3, -0.25) is 14.4 Å². The number of ether oxygens (including phenoxy) is 2. The van der Waals surface area contributed by atoms with E-state index in [1.807, 2.05) is 39.0 Å². The molecule has 0 atom stereocenters. The van der Waals surface area contributed by atoms with E-state index in [0.717, 1.165) is 48.0 Å². The first-order chi connectivity index (χ1) is 24.5. The molecular formula is C38H50Cl2N6O7. The monoisotopic (exact) mass is 772 g/mol. The minimum absolute atomic E-state index is 0. The number of aliphatic carboxylic acids is 1. The third kappa shape index (κ3) is 14.9. The number of carboxylic acid groups (broad SMARTS) is 1. The molecule has 2 fully saturated rings. The number of likely N-dealkylation sites (tertiary alicyclic amines) is 1. The number of amides is 3. The summed E-state index contributed by atoms with van der Waals surface area (Å²) >= 11 is 0. The van der Waals surface area contributed by atoms with E-state index in [-0.39, 0.29) is 48.6 Å². The standard InChI is InChI=1S/C19H23N3O3.C11H10N2O3.C8H15NO.2ClH/c1-3-13(2)12-25-16-10-22(11-16)18(24)7-4-14-8-15-5-6-17(23)21-19(15)20-9-14;14-9-3-2-8-5-7(1-4-10(15)16)6-12-11(8)13-9;1-3-7(2)6-10-8-4-9-5-8;;/h3-4,7-9,16H,5-6,10-12H2,1-2H3,(H,20,21,23);1,4-6H,2-3H2,(H,15,16)(H,12,13,14);3,8-9H,4-6H2,1-2H3;2*1H/b7-4+,13-3+;4-1+;7-3+;;. The van der Waals surface area contributed by atoms with Gasteiger partial charge in [0.25, 0.3) is 0 Å². The van der Waals surface area contributed by atoms with Gasteiger partial charge in [0.15, 0.2) is 0 Å². The highest BCUT2D eigenvalue weighted by molar-refractivity contribution is 5.94. The van der Waals surface area contributed by atoms with Crippen LogP contribution in [0.4, 0.5) is 11.6 Å². The average molecular weight is 774 g/mol. The summed E-state index contributed by atoms with van der Waals surface area (Å²) in [6.45, 7) is 12.9. The van der Waals surface area contributed by atoms with E-state index in [1.165, 1.54) is 23.4 Å². The number of rotatable bonds is 10. The Kier molecular flexibility index (Phi) is 19.1. The van der Waals surface area contributed by atoms with Crippen LogP contribution in [0, 0.1) is 0 Å². The number of aryl methyl sites for hydroxylation is 2. The maximum Gasteiger partial charge on any atom is 0.328 e. The molecule has 4 N–H and O–H groups in total. The first-order valence-corrected chi connectivity index (χ1v) is 17.2. The van der Waals surface area contributed by atoms with E-state index in [2.05, 4.69) is 38.9 Å². The van der Waals surface area contributed by atoms with E-state index in [1.54, 1.807) is 23.2 Å². The third-order valence-electron chi connectivity index (χ3n) is 8.55. The summed E-state index contributed by atoms with van der Waals surface area (Å²) in [5, 5.41) is 17.1. The van der Waals surface area contributed by atoms with E-state index >= 15 is 0 Å². The Balaban J connectivity index is 0.000000298. The quantitative estimate of drug-likeness (QED) is 0.190. The number of anilines is 2. The smallest absolute Gasteiger partial charge is 0.328 e. The van der Waals surface area contributed by atoms with E-state index in [0.29, 0.717) is 63.1 Å². The SMILES string of the molecule is C/C=C(\C)COC1CN(C(=O)/C=C/c2cnc3c(c2)CCC(=O)N3)C1.C/C=C(\C)COC1CNC1.Cl.Cl.O=C(O)/C=C/c1cnc2c(c1)CCC(=O)N2. The van der Waals surface area contributed by atoms with Crippen molar-refractivity contribution in [2.45, 2.75) is 65.6 Å². The van der Waals surface area contributed by atoms with Gasteiger partial charge < -0.3 is 35.4 Å². The van der Waals surface area contributed by atoms with Crippen molar-refractivity contribution in [3.63, 3.8) is 0 Å². The highest BCUT2D eigenvalue weighted by atomic mass is 35.5. The highest BCUT2D eigenvalue weighted by Gasteiger charge is 2.30. The summed E-state index contributed by atoms with van der Waals surface area (Å²) in [6, 6.07) is 3.80. The van der Waals surface area contributed by atoms with Crippen molar-refractivity contribution >= 4 is 72.3 Å². The maximum absolute atomic E-state index is 12.2. The second kappa shape index (κ2) is 22.6. The molecule has 0 unspecified atom stereocenters. The fourth-order valence-electron chi connectivity index (χ4n) is 4.94. The fourth-order valence-corrected chi connectivity index (χ4v) is 4.94. The van der Waals surface area contributed by atoms with Crippen molar-refractivity contribution < 1.29 is 33.8 Å². The molecule has 6 heterocycles. The zero-order valence-corrected chi connectivity index (χ0v) is 32.2. The van der Waals surface area contributed by atoms with Crippen molar-refractivity contribution in [3.05, 3.63) is 82.2 Å². The van der Waals surface area contributed by atoms with Gasteiger partial charge in [-0.1, -0.05) is 23.3 Å². The molecule has 2 saturated heterocycles. The fraction of sp³-hybridized carbons (Fsp3) is 0.421. The number of aromatic nitrogens is 2. The molecular weight excluding hydrogens is 723 g/mol. The van der Waals surface area contributed by atoms with Crippen LogP contribution < -0.4 is 16.0 Å². The van der Waals surface area contributed by atoms with Crippen LogP contribution in [-0.2, 0) is 41.5 Å². The molecule has 15 heteroatoms. The van der Waals surface area contributed by atoms with E-state index < -0.39 is 5.97 Å². The maximum atomic E-state index is 12.2. The number of carboxylic acids is 1. The van der Waals surface area contributed by atoms with E-state index in [9.17, 15) is 19.2 Å². The number of hydrogen-bond acceptors (Lipinski definition) is 9. The number of fused-ring (bicyclic) bond motifs is 2. The number of carbonyl (C=O) groups excluding carboxylic acids is 3. The van der Waals surface area contributed by atoms with Crippen molar-refractivity contribution in [1.29, 1.82) is 0 Å². The topological polar surface area (TPSA) is 172 Å². The minimum Gasteiger partial charge on any atom is -0.478 e. The lowest BCUT2D eigenvalue weighted by Gasteiger charge is -2.38. The van der Waals surface area contributed by atoms with Gasteiger partial charge in [0, 0.05) is 63.6 Å². The lowest BCUT2D eigenvalue weighted by molar-refractivity contribution is -0.138. The Hall–Kier alpha value is -4.40. The first-order valence-electron chi connectivity index (χ1n) is 17.2. The van der Waals surface area contributed by atoms with Crippen LogP contribution >= 0.6 is 24.8 Å². The largest absolute Gasteiger partial charge is 0.478 e. The first kappa shape index (κ1) is 44.8. The Morgan fingerprint density at radius 3 is 1.70 bits per heavy atom. The Morgan fingerprint density at radius 1 is 0.792 bits per heavy atom. The minimum atomic E-state index is -0.994. The molecule has 13 nitrogen and oxygen atoms in total. The average Bonchev–Trinajstić information content (AvgIpc) is 3.08. The van der Waals surface area contributed by atoms with Gasteiger partial charge in [-0.15, -0.1) is 24.8 Å². The summed E-state index contributed by atoms with van der Waals surface area (Å²) in [6.07, 6.45) is 16.0. The molecule has 0 saturated carbocycles. The van der Waals surface area contributed by atoms with Gasteiger partial charge in [-0.05, 0) is 87.1 Å². The molecule has 2 aromatic heterocycles. The number of pyridine rings is 2. The molecule has 3 amide bonds. The number of nitrogens with one attached hydrogen (secondary N) is 3. The molecule has 0 aromatic carbocycles. The van der Waals surface area contributed by atoms with Gasteiger partial charge in [-0.25, -0.2) is 14.8 Å². The Bertz CT molecular complexity index is 1700. The number of hydrogen-bond donors (Lipinski definition) is 4. The van der Waals surface area contributed by atoms with Crippen molar-refractivity contribution in [2.24, 2.45) is 0 Å². The number of allylic oxidation sites excluding steroid dienone is 2. The Labute approximate surface area is 323 Å². The summed E-state index contributed by atoms with van der Waals surface area (Å²) in [7, 11) is 0. The molecule has 4 aliphatic heterocycles. The Morgan fingerprint density at radius 2 is 1.26 bits per heavy atom. The van der Waals surface area contributed by atoms with Crippen LogP contribution in [0.2, 0.25) is 0 Å². The van der Waals surface area contributed by atoms with Crippen LogP contribution in [0.3, 0.4) is 0 Å². The molecule has 53 heavy (non-hydrogen) atoms. The molecule has 0 bridgehead atoms. The van der Waals surface area contributed by atoms with Crippen molar-refractivity contribution in [2.75, 3.05) is 50.0 Å². The van der Waals surface area contributed by atoms with E-state index in [4.69, 9.17) is 14.6 Å². The van der Waals surface area contributed by atoms with Crippen LogP contribution in [0.1, 0.15) is 62.8 Å². The predicted molar refractivity (Wildman–Crippen MR) is 210 cm³/mol. The molecule has 6 rings (SSSR count). The number of carbonyl (C=O) groups is 4. The second-order valence-electron chi connectivity index (χ2n) is 12.7. The van der Waals surface area contributed by atoms with Crippen molar-refractivity contribution in [1.82, 2.24) is 20.2 Å². The van der Waals surface area contributed by atoms with Crippen LogP contribution in [-0.4, -0.2) is 95.3 Å². The van der Waals surface area contributed by atoms with Gasteiger partial charge >= 0.3 is 5.97 Å². The van der Waals surface area contributed by atoms with Gasteiger partial charge in [-0.2, -0.15) is 0 Å². The lowest BCUT2D eigenvalue weighted by atomic mass is 10.0. The molecule has 0 aliphatic carbocycles. The zero-order valence-electron chi connectivity index (χ0n) is 30.6. The summed E-state index contributed by atoms with van der Waals surface area (Å²) in [4.78, 5) is 55.0. The molecule has 2 aromatic rings. The molecule has 0 radical (unpaired) electrons. The molecule has 0 spiro atoms. The molecule has 4 aliphatic rings. The normalized spacial score (nSPS) is 16.9. The predicted octanol–water partition coefficient (Wildman–Crippen LogP) is 5.02. The third-order valence-corrected chi connectivity index (χ3v) is 8.55. The van der Waals surface area contributed by atoms with Gasteiger partial charge in [0.1, 0.15) is 11.6 Å². The van der Waals surface area contributed by atoms with Crippen LogP contribution in [0.15, 0.2) is 60.0 Å². The highest BCUT2D eigenvalue weighted by Crippen LogP contribution is 2.22. The number of halogens is 2. The van der Waals surface area contributed by atoms with Crippen LogP contribution in [0.25, 0.3) is 12.2 Å². The molecule has 288 valence electrons. The van der Waals surface area contributed by atoms with Gasteiger partial charge in [0.05, 0.1) is 25.4 Å². The summed E-state index contributed by atoms with van der Waals surface area (Å²) in [5.74, 6) is 0.147. The summed E-state index contributed by atoms with van der Waals surface area (Å²) < 4.78 is 11.2. The van der Waals surface area contributed by atoms with Crippen molar-refractivity contribution in [3.8, 4) is 0 Å². The summed E-state index contributed by atoms with van der Waals surface area (Å²) in [5.41, 5.74) is 6.03. The zero-order chi connectivity index (χ0) is 36.8. The second-order valence-corrected chi connectivity index (χ2v) is 12.7. The number of nitrogens with zero attached hydrogens (tertiary/aromatic N) is 3. The van der Waals surface area contributed by atoms with Crippen LogP contribution in [0.5, 0.6) is 0 Å². The van der Waals surface area contributed by atoms with Gasteiger partial charge in [0.2, 0.25) is 17.7 Å². The lowest BCUT2D eigenvalue weighted by Crippen LogP contribution is -2.54.